The van der Waals surface area contributed by atoms with Crippen LogP contribution in [0.25, 0.3) is 0 Å². The first-order valence-electron chi connectivity index (χ1n) is 7.77. The van der Waals surface area contributed by atoms with Gasteiger partial charge in [0, 0.05) is 26.7 Å². The summed E-state index contributed by atoms with van der Waals surface area (Å²) in [6.45, 7) is 2.15. The van der Waals surface area contributed by atoms with Crippen LogP contribution in [0.15, 0.2) is 0 Å². The van der Waals surface area contributed by atoms with Crippen molar-refractivity contribution in [3.63, 3.8) is 0 Å². The van der Waals surface area contributed by atoms with Crippen LogP contribution in [-0.2, 0) is 23.7 Å². The van der Waals surface area contributed by atoms with Gasteiger partial charge >= 0.3 is 0 Å². The van der Waals surface area contributed by atoms with Gasteiger partial charge in [-0.2, -0.15) is 0 Å². The molecule has 0 bridgehead atoms. The van der Waals surface area contributed by atoms with Crippen molar-refractivity contribution in [3.8, 4) is 0 Å². The van der Waals surface area contributed by atoms with E-state index in [9.17, 15) is 5.11 Å². The van der Waals surface area contributed by atoms with Crippen molar-refractivity contribution in [2.45, 2.75) is 44.2 Å². The molecule has 0 aromatic heterocycles. The molecule has 1 saturated heterocycles. The lowest BCUT2D eigenvalue weighted by atomic mass is 9.91. The minimum Gasteiger partial charge on any atom is -0.385 e. The quantitative estimate of drug-likeness (QED) is 0.483. The zero-order chi connectivity index (χ0) is 15.1. The Morgan fingerprint density at radius 2 is 1.81 bits per heavy atom. The molecule has 2 rings (SSSR count). The van der Waals surface area contributed by atoms with Gasteiger partial charge in [0.25, 0.3) is 0 Å². The Labute approximate surface area is 126 Å². The van der Waals surface area contributed by atoms with E-state index in [-0.39, 0.29) is 18.1 Å². The summed E-state index contributed by atoms with van der Waals surface area (Å²) in [4.78, 5) is 0. The van der Waals surface area contributed by atoms with Crippen molar-refractivity contribution in [1.82, 2.24) is 0 Å². The minimum absolute atomic E-state index is 0.128. The SMILES string of the molecule is COCCC[C@H]1OC(O)[C@H]2C[C@H](OCOCCOC)C[C@H]21. The van der Waals surface area contributed by atoms with Gasteiger partial charge < -0.3 is 28.8 Å². The molecule has 5 atom stereocenters. The summed E-state index contributed by atoms with van der Waals surface area (Å²) in [5.41, 5.74) is 0. The van der Waals surface area contributed by atoms with Crippen LogP contribution in [0.4, 0.5) is 0 Å². The van der Waals surface area contributed by atoms with Crippen molar-refractivity contribution in [2.75, 3.05) is 40.8 Å². The van der Waals surface area contributed by atoms with Gasteiger partial charge in [0.1, 0.15) is 6.79 Å². The van der Waals surface area contributed by atoms with Crippen molar-refractivity contribution in [1.29, 1.82) is 0 Å². The van der Waals surface area contributed by atoms with Crippen LogP contribution >= 0.6 is 0 Å². The fraction of sp³-hybridized carbons (Fsp3) is 1.00. The third kappa shape index (κ3) is 4.87. The van der Waals surface area contributed by atoms with Gasteiger partial charge in [0.15, 0.2) is 6.29 Å². The van der Waals surface area contributed by atoms with Crippen molar-refractivity contribution in [2.24, 2.45) is 11.8 Å². The third-order valence-electron chi connectivity index (χ3n) is 4.43. The minimum atomic E-state index is -0.648. The van der Waals surface area contributed by atoms with Crippen LogP contribution < -0.4 is 0 Å². The Morgan fingerprint density at radius 3 is 2.57 bits per heavy atom. The molecular formula is C15H28O6. The summed E-state index contributed by atoms with van der Waals surface area (Å²) in [6.07, 6.45) is 3.32. The van der Waals surface area contributed by atoms with Crippen LogP contribution in [0.3, 0.4) is 0 Å². The second kappa shape index (κ2) is 9.02. The normalized spacial score (nSPS) is 35.3. The number of ether oxygens (including phenoxy) is 5. The molecule has 0 spiro atoms. The Hall–Kier alpha value is -0.240. The summed E-state index contributed by atoms with van der Waals surface area (Å²) in [7, 11) is 3.35. The highest BCUT2D eigenvalue weighted by Gasteiger charge is 2.49. The molecule has 2 fully saturated rings. The van der Waals surface area contributed by atoms with Gasteiger partial charge in [-0.3, -0.25) is 0 Å². The average Bonchev–Trinajstić information content (AvgIpc) is 3.01. The molecule has 2 aliphatic rings. The van der Waals surface area contributed by atoms with E-state index in [4.69, 9.17) is 23.7 Å². The van der Waals surface area contributed by atoms with Crippen LogP contribution in [-0.4, -0.2) is 64.4 Å². The highest BCUT2D eigenvalue weighted by molar-refractivity contribution is 4.94. The Kier molecular flexibility index (Phi) is 7.36. The molecule has 0 radical (unpaired) electrons. The van der Waals surface area contributed by atoms with Crippen molar-refractivity contribution in [3.05, 3.63) is 0 Å². The van der Waals surface area contributed by atoms with E-state index in [2.05, 4.69) is 0 Å². The van der Waals surface area contributed by atoms with E-state index in [1.807, 2.05) is 0 Å². The molecule has 0 amide bonds. The highest BCUT2D eigenvalue weighted by atomic mass is 16.7. The van der Waals surface area contributed by atoms with Crippen LogP contribution in [0.5, 0.6) is 0 Å². The first-order valence-corrected chi connectivity index (χ1v) is 7.77. The molecule has 1 unspecified atom stereocenters. The first kappa shape index (κ1) is 17.1. The lowest BCUT2D eigenvalue weighted by molar-refractivity contribution is -0.131. The fourth-order valence-corrected chi connectivity index (χ4v) is 3.38. The number of fused-ring (bicyclic) bond motifs is 1. The first-order chi connectivity index (χ1) is 10.3. The number of aliphatic hydroxyl groups excluding tert-OH is 1. The summed E-state index contributed by atoms with van der Waals surface area (Å²) in [5, 5.41) is 10.0. The molecule has 6 heteroatoms. The van der Waals surface area contributed by atoms with Gasteiger partial charge in [0.2, 0.25) is 0 Å². The molecule has 6 nitrogen and oxygen atoms in total. The fourth-order valence-electron chi connectivity index (χ4n) is 3.38. The predicted molar refractivity (Wildman–Crippen MR) is 75.8 cm³/mol. The topological polar surface area (TPSA) is 66.4 Å². The summed E-state index contributed by atoms with van der Waals surface area (Å²) in [5.74, 6) is 0.586. The molecule has 1 aliphatic carbocycles. The number of rotatable bonds is 10. The zero-order valence-electron chi connectivity index (χ0n) is 13.0. The lowest BCUT2D eigenvalue weighted by Crippen LogP contribution is -2.21. The van der Waals surface area contributed by atoms with Crippen molar-refractivity contribution >= 4 is 0 Å². The smallest absolute Gasteiger partial charge is 0.158 e. The predicted octanol–water partition coefficient (Wildman–Crippen LogP) is 1.16. The van der Waals surface area contributed by atoms with E-state index in [0.29, 0.717) is 25.9 Å². The molecule has 1 saturated carbocycles. The number of methoxy groups -OCH3 is 2. The molecule has 21 heavy (non-hydrogen) atoms. The maximum Gasteiger partial charge on any atom is 0.158 e. The molecule has 1 heterocycles. The largest absolute Gasteiger partial charge is 0.385 e. The van der Waals surface area contributed by atoms with E-state index in [1.165, 1.54) is 0 Å². The summed E-state index contributed by atoms with van der Waals surface area (Å²) >= 11 is 0. The number of aliphatic hydroxyl groups is 1. The molecule has 1 aliphatic heterocycles. The summed E-state index contributed by atoms with van der Waals surface area (Å²) in [6, 6.07) is 0. The molecule has 0 aromatic carbocycles. The Bertz CT molecular complexity index is 287. The highest BCUT2D eigenvalue weighted by Crippen LogP contribution is 2.46. The maximum atomic E-state index is 10.0. The molecular weight excluding hydrogens is 276 g/mol. The van der Waals surface area contributed by atoms with Crippen LogP contribution in [0.2, 0.25) is 0 Å². The standard InChI is InChI=1S/C15H28O6/c1-17-5-3-4-14-12-8-11(9-13(12)15(16)21-14)20-10-19-7-6-18-2/h11-16H,3-10H2,1-2H3/t11-,12-,13+,14-,15?/m1/s1. The van der Waals surface area contributed by atoms with E-state index in [1.54, 1.807) is 14.2 Å². The van der Waals surface area contributed by atoms with Gasteiger partial charge in [0.05, 0.1) is 25.4 Å². The Morgan fingerprint density at radius 1 is 1.05 bits per heavy atom. The van der Waals surface area contributed by atoms with Crippen LogP contribution in [0.1, 0.15) is 25.7 Å². The second-order valence-electron chi connectivity index (χ2n) is 5.81. The average molecular weight is 304 g/mol. The zero-order valence-corrected chi connectivity index (χ0v) is 13.0. The van der Waals surface area contributed by atoms with E-state index < -0.39 is 6.29 Å². The van der Waals surface area contributed by atoms with E-state index in [0.717, 1.165) is 32.3 Å². The third-order valence-corrected chi connectivity index (χ3v) is 4.43. The molecule has 1 N–H and O–H groups in total. The number of hydrogen-bond donors (Lipinski definition) is 1. The molecule has 124 valence electrons. The van der Waals surface area contributed by atoms with Gasteiger partial charge in [-0.15, -0.1) is 0 Å². The maximum absolute atomic E-state index is 10.0. The summed E-state index contributed by atoms with van der Waals surface area (Å²) < 4.78 is 26.7. The van der Waals surface area contributed by atoms with Gasteiger partial charge in [-0.25, -0.2) is 0 Å². The van der Waals surface area contributed by atoms with Gasteiger partial charge in [-0.05, 0) is 31.6 Å². The second-order valence-corrected chi connectivity index (χ2v) is 5.81. The van der Waals surface area contributed by atoms with Crippen LogP contribution in [0, 0.1) is 11.8 Å². The lowest BCUT2D eigenvalue weighted by Gasteiger charge is -2.18. The van der Waals surface area contributed by atoms with Gasteiger partial charge in [-0.1, -0.05) is 0 Å². The number of hydrogen-bond acceptors (Lipinski definition) is 6. The van der Waals surface area contributed by atoms with Crippen molar-refractivity contribution < 1.29 is 28.8 Å². The van der Waals surface area contributed by atoms with E-state index >= 15 is 0 Å². The molecule has 0 aromatic rings. The monoisotopic (exact) mass is 304 g/mol. The Balaban J connectivity index is 1.69.